The van der Waals surface area contributed by atoms with E-state index >= 15 is 0 Å². The maximum atomic E-state index is 12.8. The van der Waals surface area contributed by atoms with Gasteiger partial charge in [0, 0.05) is 37.9 Å². The predicted molar refractivity (Wildman–Crippen MR) is 94.8 cm³/mol. The lowest BCUT2D eigenvalue weighted by Gasteiger charge is -2.19. The fraction of sp³-hybridized carbons (Fsp3) is 0.421. The van der Waals surface area contributed by atoms with E-state index in [-0.39, 0.29) is 37.4 Å². The molecule has 0 saturated carbocycles. The summed E-state index contributed by atoms with van der Waals surface area (Å²) in [6, 6.07) is 6.51. The second-order valence-electron chi connectivity index (χ2n) is 7.01. The van der Waals surface area contributed by atoms with Crippen molar-refractivity contribution in [1.82, 2.24) is 20.0 Å². The number of alkyl halides is 3. The highest BCUT2D eigenvalue weighted by atomic mass is 19.4. The van der Waals surface area contributed by atoms with Crippen molar-refractivity contribution < 1.29 is 22.8 Å². The molecule has 2 heterocycles. The molecule has 150 valence electrons. The third kappa shape index (κ3) is 4.90. The van der Waals surface area contributed by atoms with Crippen molar-refractivity contribution >= 4 is 11.8 Å². The van der Waals surface area contributed by atoms with Gasteiger partial charge in [0.05, 0.1) is 18.0 Å². The lowest BCUT2D eigenvalue weighted by Crippen LogP contribution is -2.40. The lowest BCUT2D eigenvalue weighted by atomic mass is 10.1. The molecule has 1 aliphatic heterocycles. The number of halogens is 3. The van der Waals surface area contributed by atoms with Crippen LogP contribution in [0.5, 0.6) is 0 Å². The van der Waals surface area contributed by atoms with Crippen LogP contribution < -0.4 is 5.32 Å². The van der Waals surface area contributed by atoms with Crippen LogP contribution >= 0.6 is 0 Å². The quantitative estimate of drug-likeness (QED) is 0.819. The van der Waals surface area contributed by atoms with E-state index in [0.717, 1.165) is 12.1 Å². The number of likely N-dealkylation sites (tertiary alicyclic amines) is 1. The summed E-state index contributed by atoms with van der Waals surface area (Å²) in [4.78, 5) is 26.1. The molecule has 2 atom stereocenters. The van der Waals surface area contributed by atoms with Crippen LogP contribution in [0.25, 0.3) is 0 Å². The second-order valence-corrected chi connectivity index (χ2v) is 7.01. The number of hydrogen-bond donors (Lipinski definition) is 1. The molecule has 3 rings (SSSR count). The molecular weight excluding hydrogens is 373 g/mol. The summed E-state index contributed by atoms with van der Waals surface area (Å²) in [7, 11) is 0. The average molecular weight is 394 g/mol. The molecule has 0 spiro atoms. The molecule has 0 bridgehead atoms. The van der Waals surface area contributed by atoms with Gasteiger partial charge >= 0.3 is 6.18 Å². The summed E-state index contributed by atoms with van der Waals surface area (Å²) < 4.78 is 40.2. The van der Waals surface area contributed by atoms with E-state index in [1.54, 1.807) is 29.2 Å². The van der Waals surface area contributed by atoms with Gasteiger partial charge in [-0.15, -0.1) is 0 Å². The Morgan fingerprint density at radius 2 is 2.14 bits per heavy atom. The highest BCUT2D eigenvalue weighted by molar-refractivity contribution is 5.89. The van der Waals surface area contributed by atoms with Crippen LogP contribution in [-0.2, 0) is 28.9 Å². The monoisotopic (exact) mass is 394 g/mol. The Kier molecular flexibility index (Phi) is 5.71. The zero-order chi connectivity index (χ0) is 20.3. The Bertz CT molecular complexity index is 836. The van der Waals surface area contributed by atoms with Crippen LogP contribution in [0.3, 0.4) is 0 Å². The van der Waals surface area contributed by atoms with E-state index in [2.05, 4.69) is 10.4 Å². The highest BCUT2D eigenvalue weighted by Gasteiger charge is 2.35. The van der Waals surface area contributed by atoms with Gasteiger partial charge in [-0.1, -0.05) is 12.1 Å². The molecule has 9 heteroatoms. The number of carbonyl (C=O) groups excluding carboxylic acids is 2. The van der Waals surface area contributed by atoms with Crippen LogP contribution in [0, 0.1) is 5.92 Å². The van der Waals surface area contributed by atoms with Gasteiger partial charge in [-0.2, -0.15) is 18.3 Å². The van der Waals surface area contributed by atoms with E-state index in [9.17, 15) is 22.8 Å². The number of carbonyl (C=O) groups is 2. The Morgan fingerprint density at radius 1 is 1.36 bits per heavy atom. The molecule has 1 fully saturated rings. The van der Waals surface area contributed by atoms with E-state index in [1.165, 1.54) is 11.0 Å². The topological polar surface area (TPSA) is 67.2 Å². The predicted octanol–water partition coefficient (Wildman–Crippen LogP) is 2.46. The third-order valence-corrected chi connectivity index (χ3v) is 4.62. The van der Waals surface area contributed by atoms with Gasteiger partial charge in [0.25, 0.3) is 0 Å². The lowest BCUT2D eigenvalue weighted by molar-refractivity contribution is -0.137. The first kappa shape index (κ1) is 19.9. The summed E-state index contributed by atoms with van der Waals surface area (Å²) in [6.07, 6.45) is -0.939. The van der Waals surface area contributed by atoms with Crippen molar-refractivity contribution in [2.45, 2.75) is 38.7 Å². The molecule has 1 aromatic heterocycles. The number of amides is 2. The van der Waals surface area contributed by atoms with Crippen LogP contribution in [-0.4, -0.2) is 39.1 Å². The molecule has 6 nitrogen and oxygen atoms in total. The van der Waals surface area contributed by atoms with Gasteiger partial charge in [0.1, 0.15) is 0 Å². The molecular formula is C19H21F3N4O2. The smallest absolute Gasteiger partial charge is 0.351 e. The summed E-state index contributed by atoms with van der Waals surface area (Å²) in [5.74, 6) is -0.991. The molecule has 0 radical (unpaired) electrons. The van der Waals surface area contributed by atoms with Crippen molar-refractivity contribution in [3.8, 4) is 0 Å². The van der Waals surface area contributed by atoms with Gasteiger partial charge in [-0.05, 0) is 30.7 Å². The number of benzene rings is 1. The largest absolute Gasteiger partial charge is 0.416 e. The number of rotatable bonds is 6. The fourth-order valence-electron chi connectivity index (χ4n) is 3.26. The molecule has 2 aromatic rings. The van der Waals surface area contributed by atoms with E-state index in [0.29, 0.717) is 12.1 Å². The first-order valence-corrected chi connectivity index (χ1v) is 8.94. The minimum Gasteiger partial charge on any atom is -0.351 e. The molecule has 0 aliphatic carbocycles. The maximum absolute atomic E-state index is 12.8. The maximum Gasteiger partial charge on any atom is 0.416 e. The Hall–Kier alpha value is -2.84. The van der Waals surface area contributed by atoms with Gasteiger partial charge in [-0.3, -0.25) is 14.3 Å². The van der Waals surface area contributed by atoms with Crippen molar-refractivity contribution in [3.63, 3.8) is 0 Å². The minimum absolute atomic E-state index is 0.0510. The van der Waals surface area contributed by atoms with Gasteiger partial charge in [-0.25, -0.2) is 0 Å². The summed E-state index contributed by atoms with van der Waals surface area (Å²) in [6.45, 7) is 2.59. The second kappa shape index (κ2) is 8.04. The number of nitrogens with zero attached hydrogens (tertiary/aromatic N) is 3. The number of nitrogens with one attached hydrogen (secondary N) is 1. The van der Waals surface area contributed by atoms with E-state index in [4.69, 9.17) is 0 Å². The molecule has 0 unspecified atom stereocenters. The highest BCUT2D eigenvalue weighted by Crippen LogP contribution is 2.30. The molecule has 2 amide bonds. The molecule has 1 saturated heterocycles. The Labute approximate surface area is 160 Å². The van der Waals surface area contributed by atoms with E-state index < -0.39 is 17.7 Å². The van der Waals surface area contributed by atoms with E-state index in [1.807, 2.05) is 6.92 Å². The van der Waals surface area contributed by atoms with Crippen LogP contribution in [0.1, 0.15) is 24.5 Å². The minimum atomic E-state index is -4.43. The summed E-state index contributed by atoms with van der Waals surface area (Å²) in [5, 5.41) is 6.95. The SMILES string of the molecule is C[C@@H](Cn1cccn1)NC(=O)[C@H]1CC(=O)N(Cc2cccc(C(F)(F)F)c2)C1. The zero-order valence-electron chi connectivity index (χ0n) is 15.3. The van der Waals surface area contributed by atoms with Gasteiger partial charge < -0.3 is 10.2 Å². The van der Waals surface area contributed by atoms with Crippen molar-refractivity contribution in [3.05, 3.63) is 53.9 Å². The molecule has 1 aromatic carbocycles. The first-order chi connectivity index (χ1) is 13.2. The Balaban J connectivity index is 1.56. The van der Waals surface area contributed by atoms with Crippen LogP contribution in [0.4, 0.5) is 13.2 Å². The molecule has 1 aliphatic rings. The number of hydrogen-bond acceptors (Lipinski definition) is 3. The van der Waals surface area contributed by atoms with Crippen molar-refractivity contribution in [1.29, 1.82) is 0 Å². The Morgan fingerprint density at radius 3 is 2.82 bits per heavy atom. The molecule has 28 heavy (non-hydrogen) atoms. The van der Waals surface area contributed by atoms with Crippen molar-refractivity contribution in [2.24, 2.45) is 5.92 Å². The van der Waals surface area contributed by atoms with Crippen LogP contribution in [0.2, 0.25) is 0 Å². The summed E-state index contributed by atoms with van der Waals surface area (Å²) >= 11 is 0. The first-order valence-electron chi connectivity index (χ1n) is 8.94. The fourth-order valence-corrected chi connectivity index (χ4v) is 3.26. The average Bonchev–Trinajstić information content (AvgIpc) is 3.24. The standard InChI is InChI=1S/C19H21F3N4O2/c1-13(10-26-7-3-6-23-26)24-18(28)15-9-17(27)25(12-15)11-14-4-2-5-16(8-14)19(20,21)22/h2-8,13,15H,9-12H2,1H3,(H,24,28)/t13-,15-/m0/s1. The van der Waals surface area contributed by atoms with Crippen molar-refractivity contribution in [2.75, 3.05) is 6.54 Å². The van der Waals surface area contributed by atoms with Crippen LogP contribution in [0.15, 0.2) is 42.7 Å². The van der Waals surface area contributed by atoms with Gasteiger partial charge in [0.2, 0.25) is 11.8 Å². The molecule has 1 N–H and O–H groups in total. The zero-order valence-corrected chi connectivity index (χ0v) is 15.3. The third-order valence-electron chi connectivity index (χ3n) is 4.62. The number of aromatic nitrogens is 2. The van der Waals surface area contributed by atoms with Gasteiger partial charge in [0.15, 0.2) is 0 Å². The normalized spacial score (nSPS) is 18.4. The summed E-state index contributed by atoms with van der Waals surface area (Å²) in [5.41, 5.74) is -0.366.